The van der Waals surface area contributed by atoms with E-state index in [0.717, 1.165) is 10.2 Å². The van der Waals surface area contributed by atoms with Crippen molar-refractivity contribution < 1.29 is 5.11 Å². The van der Waals surface area contributed by atoms with Gasteiger partial charge in [0.25, 0.3) is 0 Å². The van der Waals surface area contributed by atoms with Crippen molar-refractivity contribution in [2.45, 2.75) is 0 Å². The minimum absolute atomic E-state index is 0.0726. The molecule has 8 heteroatoms. The number of benzene rings is 2. The Kier molecular flexibility index (Phi) is 4.40. The molecular formula is C18H12Cl2N4OS. The first-order valence-corrected chi connectivity index (χ1v) is 9.24. The second kappa shape index (κ2) is 6.72. The van der Waals surface area contributed by atoms with Gasteiger partial charge in [0.05, 0.1) is 32.0 Å². The molecule has 1 aliphatic heterocycles. The van der Waals surface area contributed by atoms with Gasteiger partial charge in [0.15, 0.2) is 5.84 Å². The van der Waals surface area contributed by atoms with E-state index in [0.29, 0.717) is 26.2 Å². The molecule has 0 saturated carbocycles. The van der Waals surface area contributed by atoms with E-state index in [9.17, 15) is 5.11 Å². The molecule has 5 nitrogen and oxygen atoms in total. The number of nitrogens with one attached hydrogen (secondary N) is 1. The molecule has 0 spiro atoms. The van der Waals surface area contributed by atoms with Crippen LogP contribution in [0.4, 0.5) is 0 Å². The van der Waals surface area contributed by atoms with Crippen molar-refractivity contribution in [2.24, 2.45) is 5.10 Å². The Labute approximate surface area is 163 Å². The average molecular weight is 403 g/mol. The molecule has 2 heterocycles. The van der Waals surface area contributed by atoms with Crippen molar-refractivity contribution in [3.05, 3.63) is 68.8 Å². The maximum atomic E-state index is 10.3. The number of hydrogen-bond donors (Lipinski definition) is 2. The van der Waals surface area contributed by atoms with E-state index in [1.807, 2.05) is 24.3 Å². The van der Waals surface area contributed by atoms with Crippen LogP contribution in [0.2, 0.25) is 10.0 Å². The van der Waals surface area contributed by atoms with E-state index in [1.54, 1.807) is 18.2 Å². The molecule has 0 saturated heterocycles. The summed E-state index contributed by atoms with van der Waals surface area (Å²) in [6.07, 6.45) is 1.53. The van der Waals surface area contributed by atoms with Gasteiger partial charge in [-0.1, -0.05) is 47.5 Å². The summed E-state index contributed by atoms with van der Waals surface area (Å²) in [7, 11) is 0. The predicted octanol–water partition coefficient (Wildman–Crippen LogP) is 5.20. The standard InChI is InChI=1S/C18H12Cl2N4OS/c19-11-5-3-4-10(16(11)20)8-22-24-9-13(25)15(17(24)21)18-23-12-6-1-2-7-14(12)26-18/h1-8,21,25H,9H2. The smallest absolute Gasteiger partial charge is 0.155 e. The highest BCUT2D eigenvalue weighted by Crippen LogP contribution is 2.33. The Morgan fingerprint density at radius 1 is 1.19 bits per heavy atom. The third-order valence-corrected chi connectivity index (χ3v) is 5.80. The lowest BCUT2D eigenvalue weighted by Gasteiger charge is -2.11. The highest BCUT2D eigenvalue weighted by atomic mass is 35.5. The van der Waals surface area contributed by atoms with Gasteiger partial charge in [-0.15, -0.1) is 11.3 Å². The molecule has 2 N–H and O–H groups in total. The van der Waals surface area contributed by atoms with Crippen LogP contribution < -0.4 is 0 Å². The molecule has 0 aliphatic carbocycles. The summed E-state index contributed by atoms with van der Waals surface area (Å²) in [5, 5.41) is 25.8. The van der Waals surface area contributed by atoms with Crippen molar-refractivity contribution in [3.63, 3.8) is 0 Å². The zero-order valence-corrected chi connectivity index (χ0v) is 15.6. The molecule has 26 heavy (non-hydrogen) atoms. The first-order chi connectivity index (χ1) is 12.5. The molecule has 1 aromatic heterocycles. The molecule has 0 bridgehead atoms. The summed E-state index contributed by atoms with van der Waals surface area (Å²) >= 11 is 13.6. The monoisotopic (exact) mass is 402 g/mol. The Morgan fingerprint density at radius 3 is 2.81 bits per heavy atom. The van der Waals surface area contributed by atoms with E-state index >= 15 is 0 Å². The van der Waals surface area contributed by atoms with Crippen LogP contribution in [0.3, 0.4) is 0 Å². The van der Waals surface area contributed by atoms with Gasteiger partial charge in [-0.25, -0.2) is 9.99 Å². The summed E-state index contributed by atoms with van der Waals surface area (Å²) < 4.78 is 1.00. The first-order valence-electron chi connectivity index (χ1n) is 7.67. The number of para-hydroxylation sites is 1. The third kappa shape index (κ3) is 2.96. The molecular weight excluding hydrogens is 391 g/mol. The summed E-state index contributed by atoms with van der Waals surface area (Å²) in [5.74, 6) is 0.166. The van der Waals surface area contributed by atoms with Crippen LogP contribution in [0.25, 0.3) is 15.8 Å². The Morgan fingerprint density at radius 2 is 2.00 bits per heavy atom. The SMILES string of the molecule is N=C1C(c2nc3ccccc3s2)=C(O)CN1N=Cc1cccc(Cl)c1Cl. The zero-order chi connectivity index (χ0) is 18.3. The number of halogens is 2. The van der Waals surface area contributed by atoms with Crippen molar-refractivity contribution in [1.82, 2.24) is 9.99 Å². The molecule has 0 atom stereocenters. The topological polar surface area (TPSA) is 72.6 Å². The van der Waals surface area contributed by atoms with E-state index in [4.69, 9.17) is 28.6 Å². The number of rotatable bonds is 3. The largest absolute Gasteiger partial charge is 0.509 e. The van der Waals surface area contributed by atoms with Gasteiger partial charge in [-0.3, -0.25) is 5.41 Å². The van der Waals surface area contributed by atoms with Gasteiger partial charge in [0.1, 0.15) is 17.3 Å². The highest BCUT2D eigenvalue weighted by Gasteiger charge is 2.30. The summed E-state index contributed by atoms with van der Waals surface area (Å²) in [6.45, 7) is 0.110. The van der Waals surface area contributed by atoms with Gasteiger partial charge in [0, 0.05) is 5.56 Å². The fraction of sp³-hybridized carbons (Fsp3) is 0.0556. The number of nitrogens with zero attached hydrogens (tertiary/aromatic N) is 3. The minimum atomic E-state index is 0.0726. The third-order valence-electron chi connectivity index (χ3n) is 3.91. The van der Waals surface area contributed by atoms with Gasteiger partial charge >= 0.3 is 0 Å². The fourth-order valence-electron chi connectivity index (χ4n) is 2.62. The van der Waals surface area contributed by atoms with Crippen molar-refractivity contribution >= 4 is 62.4 Å². The summed E-state index contributed by atoms with van der Waals surface area (Å²) in [6, 6.07) is 12.9. The van der Waals surface area contributed by atoms with Crippen LogP contribution in [0, 0.1) is 5.41 Å². The van der Waals surface area contributed by atoms with Crippen LogP contribution in [0.1, 0.15) is 10.6 Å². The van der Waals surface area contributed by atoms with Crippen LogP contribution in [-0.4, -0.2) is 33.7 Å². The minimum Gasteiger partial charge on any atom is -0.509 e. The molecule has 4 rings (SSSR count). The van der Waals surface area contributed by atoms with Gasteiger partial charge < -0.3 is 5.11 Å². The van der Waals surface area contributed by atoms with E-state index in [1.165, 1.54) is 22.6 Å². The zero-order valence-electron chi connectivity index (χ0n) is 13.3. The summed E-state index contributed by atoms with van der Waals surface area (Å²) in [5.41, 5.74) is 1.88. The lowest BCUT2D eigenvalue weighted by molar-refractivity contribution is 0.358. The van der Waals surface area contributed by atoms with Crippen molar-refractivity contribution in [2.75, 3.05) is 6.54 Å². The first kappa shape index (κ1) is 17.0. The number of hydrogen-bond acceptors (Lipinski definition) is 5. The molecule has 0 unspecified atom stereocenters. The number of amidine groups is 1. The number of aliphatic hydroxyl groups excluding tert-OH is 1. The lowest BCUT2D eigenvalue weighted by atomic mass is 10.2. The van der Waals surface area contributed by atoms with Gasteiger partial charge in [-0.2, -0.15) is 5.10 Å². The molecule has 1 aliphatic rings. The maximum absolute atomic E-state index is 10.3. The molecule has 0 radical (unpaired) electrons. The van der Waals surface area contributed by atoms with Crippen LogP contribution in [0.5, 0.6) is 0 Å². The van der Waals surface area contributed by atoms with E-state index in [2.05, 4.69) is 10.1 Å². The van der Waals surface area contributed by atoms with Crippen LogP contribution in [0.15, 0.2) is 53.3 Å². The molecule has 0 fully saturated rings. The molecule has 0 amide bonds. The second-order valence-electron chi connectivity index (χ2n) is 5.60. The summed E-state index contributed by atoms with van der Waals surface area (Å²) in [4.78, 5) is 4.52. The van der Waals surface area contributed by atoms with E-state index in [-0.39, 0.29) is 18.1 Å². The van der Waals surface area contributed by atoms with Gasteiger partial charge in [0.2, 0.25) is 0 Å². The number of aliphatic hydroxyl groups is 1. The van der Waals surface area contributed by atoms with Crippen molar-refractivity contribution in [1.29, 1.82) is 5.41 Å². The molecule has 130 valence electrons. The number of aromatic nitrogens is 1. The number of thiazole rings is 1. The molecule has 3 aromatic rings. The normalized spacial score (nSPS) is 15.0. The quantitative estimate of drug-likeness (QED) is 0.591. The Balaban J connectivity index is 1.62. The lowest BCUT2D eigenvalue weighted by Crippen LogP contribution is -2.20. The maximum Gasteiger partial charge on any atom is 0.155 e. The van der Waals surface area contributed by atoms with Gasteiger partial charge in [-0.05, 0) is 18.2 Å². The number of hydrazone groups is 1. The van der Waals surface area contributed by atoms with Crippen LogP contribution >= 0.6 is 34.5 Å². The Hall–Kier alpha value is -2.41. The van der Waals surface area contributed by atoms with Crippen LogP contribution in [-0.2, 0) is 0 Å². The predicted molar refractivity (Wildman–Crippen MR) is 108 cm³/mol. The fourth-order valence-corrected chi connectivity index (χ4v) is 4.01. The Bertz CT molecular complexity index is 1060. The van der Waals surface area contributed by atoms with E-state index < -0.39 is 0 Å². The highest BCUT2D eigenvalue weighted by molar-refractivity contribution is 7.19. The second-order valence-corrected chi connectivity index (χ2v) is 7.42. The average Bonchev–Trinajstić information content (AvgIpc) is 3.16. The molecule has 2 aromatic carbocycles. The number of fused-ring (bicyclic) bond motifs is 1. The van der Waals surface area contributed by atoms with Crippen molar-refractivity contribution in [3.8, 4) is 0 Å².